The van der Waals surface area contributed by atoms with Crippen LogP contribution < -0.4 is 0 Å². The third-order valence-corrected chi connectivity index (χ3v) is 2.23. The van der Waals surface area contributed by atoms with E-state index in [0.29, 0.717) is 5.92 Å². The summed E-state index contributed by atoms with van der Waals surface area (Å²) < 4.78 is 0. The molecule has 0 heterocycles. The van der Waals surface area contributed by atoms with Crippen molar-refractivity contribution in [2.24, 2.45) is 5.92 Å². The van der Waals surface area contributed by atoms with Crippen LogP contribution in [0.4, 0.5) is 0 Å². The van der Waals surface area contributed by atoms with E-state index in [4.69, 9.17) is 5.26 Å². The fourth-order valence-corrected chi connectivity index (χ4v) is 1.44. The largest absolute Gasteiger partial charge is 0.198 e. The van der Waals surface area contributed by atoms with E-state index in [1.54, 1.807) is 0 Å². The molecule has 12 heavy (non-hydrogen) atoms. The quantitative estimate of drug-likeness (QED) is 0.527. The van der Waals surface area contributed by atoms with Crippen molar-refractivity contribution in [3.05, 3.63) is 0 Å². The normalized spacial score (nSPS) is 12.4. The molecular weight excluding hydrogens is 146 g/mol. The maximum absolute atomic E-state index is 8.76. The molecule has 0 fully saturated rings. The first-order chi connectivity index (χ1) is 5.85. The lowest BCUT2D eigenvalue weighted by Gasteiger charge is -2.05. The highest BCUT2D eigenvalue weighted by Gasteiger charge is 2.04. The molecule has 0 spiro atoms. The lowest BCUT2D eigenvalue weighted by Crippen LogP contribution is -1.95. The summed E-state index contributed by atoms with van der Waals surface area (Å²) in [7, 11) is 0. The Morgan fingerprint density at radius 2 is 1.75 bits per heavy atom. The number of nitrogens with zero attached hydrogens (tertiary/aromatic N) is 1. The minimum absolute atomic E-state index is 0.326. The zero-order valence-corrected chi connectivity index (χ0v) is 8.47. The number of nitriles is 1. The average Bonchev–Trinajstić information content (AvgIpc) is 2.10. The van der Waals surface area contributed by atoms with Gasteiger partial charge in [-0.15, -0.1) is 0 Å². The number of rotatable bonds is 7. The Bertz CT molecular complexity index is 123. The minimum atomic E-state index is 0.326. The van der Waals surface area contributed by atoms with Gasteiger partial charge in [0.1, 0.15) is 0 Å². The molecule has 0 radical (unpaired) electrons. The van der Waals surface area contributed by atoms with Gasteiger partial charge in [-0.3, -0.25) is 0 Å². The molecular formula is C11H21N. The molecule has 0 rings (SSSR count). The van der Waals surface area contributed by atoms with Crippen LogP contribution in [-0.2, 0) is 0 Å². The second-order valence-electron chi connectivity index (χ2n) is 3.46. The van der Waals surface area contributed by atoms with Gasteiger partial charge in [0.05, 0.1) is 6.07 Å². The number of hydrogen-bond donors (Lipinski definition) is 0. The van der Waals surface area contributed by atoms with Gasteiger partial charge in [-0.25, -0.2) is 0 Å². The van der Waals surface area contributed by atoms with Crippen LogP contribution in [0.2, 0.25) is 0 Å². The Morgan fingerprint density at radius 1 is 1.00 bits per heavy atom. The van der Waals surface area contributed by atoms with Gasteiger partial charge in [-0.05, 0) is 12.8 Å². The van der Waals surface area contributed by atoms with E-state index >= 15 is 0 Å². The summed E-state index contributed by atoms with van der Waals surface area (Å²) in [6.45, 7) is 4.37. The molecule has 0 aliphatic carbocycles. The molecule has 0 saturated carbocycles. The molecule has 1 nitrogen and oxygen atoms in total. The van der Waals surface area contributed by atoms with Gasteiger partial charge < -0.3 is 0 Å². The first-order valence-corrected chi connectivity index (χ1v) is 5.24. The van der Waals surface area contributed by atoms with Crippen molar-refractivity contribution in [1.82, 2.24) is 0 Å². The van der Waals surface area contributed by atoms with Crippen LogP contribution >= 0.6 is 0 Å². The molecule has 0 aliphatic rings. The third kappa shape index (κ3) is 6.22. The summed E-state index contributed by atoms with van der Waals surface area (Å²) in [5, 5.41) is 8.76. The maximum atomic E-state index is 8.76. The zero-order chi connectivity index (χ0) is 9.23. The lowest BCUT2D eigenvalue weighted by atomic mass is 9.98. The molecule has 0 unspecified atom stereocenters. The van der Waals surface area contributed by atoms with E-state index in [1.165, 1.54) is 25.7 Å². The molecule has 1 heteroatoms. The highest BCUT2D eigenvalue weighted by molar-refractivity contribution is 4.81. The molecule has 1 atom stereocenters. The Kier molecular flexibility index (Phi) is 8.22. The van der Waals surface area contributed by atoms with Gasteiger partial charge in [0.2, 0.25) is 0 Å². The van der Waals surface area contributed by atoms with Crippen molar-refractivity contribution in [3.63, 3.8) is 0 Å². The maximum Gasteiger partial charge on any atom is 0.0655 e. The summed E-state index contributed by atoms with van der Waals surface area (Å²) in [4.78, 5) is 0. The summed E-state index contributed by atoms with van der Waals surface area (Å²) in [6, 6.07) is 2.38. The van der Waals surface area contributed by atoms with Crippen LogP contribution in [0.1, 0.15) is 58.8 Å². The second-order valence-corrected chi connectivity index (χ2v) is 3.46. The van der Waals surface area contributed by atoms with Crippen LogP contribution in [-0.4, -0.2) is 0 Å². The standard InChI is InChI=1S/C11H21N/c1-3-5-6-7-9-11(10-12)8-4-2/h11H,3-9H2,1-2H3/t11-/m1/s1. The summed E-state index contributed by atoms with van der Waals surface area (Å²) >= 11 is 0. The number of hydrogen-bond acceptors (Lipinski definition) is 1. The molecule has 0 aromatic rings. The van der Waals surface area contributed by atoms with Crippen LogP contribution in [0.15, 0.2) is 0 Å². The van der Waals surface area contributed by atoms with Gasteiger partial charge in [0.15, 0.2) is 0 Å². The van der Waals surface area contributed by atoms with Crippen molar-refractivity contribution in [2.45, 2.75) is 58.8 Å². The molecule has 0 aliphatic heterocycles. The monoisotopic (exact) mass is 167 g/mol. The van der Waals surface area contributed by atoms with Crippen LogP contribution in [0, 0.1) is 17.2 Å². The molecule has 0 aromatic heterocycles. The second kappa shape index (κ2) is 8.59. The van der Waals surface area contributed by atoms with Gasteiger partial charge in [0, 0.05) is 5.92 Å². The van der Waals surface area contributed by atoms with E-state index in [-0.39, 0.29) is 0 Å². The summed E-state index contributed by atoms with van der Waals surface area (Å²) in [6.07, 6.45) is 8.50. The van der Waals surface area contributed by atoms with Gasteiger partial charge >= 0.3 is 0 Å². The van der Waals surface area contributed by atoms with Gasteiger partial charge in [-0.1, -0.05) is 46.0 Å². The van der Waals surface area contributed by atoms with E-state index in [1.807, 2.05) is 0 Å². The third-order valence-electron chi connectivity index (χ3n) is 2.23. The Morgan fingerprint density at radius 3 is 2.25 bits per heavy atom. The molecule has 0 N–H and O–H groups in total. The fraction of sp³-hybridized carbons (Fsp3) is 0.909. The lowest BCUT2D eigenvalue weighted by molar-refractivity contribution is 0.504. The van der Waals surface area contributed by atoms with E-state index in [9.17, 15) is 0 Å². The average molecular weight is 167 g/mol. The van der Waals surface area contributed by atoms with Crippen molar-refractivity contribution in [3.8, 4) is 6.07 Å². The predicted molar refractivity (Wildman–Crippen MR) is 52.8 cm³/mol. The first-order valence-electron chi connectivity index (χ1n) is 5.24. The Hall–Kier alpha value is -0.510. The molecule has 0 amide bonds. The molecule has 0 aromatic carbocycles. The van der Waals surface area contributed by atoms with Crippen molar-refractivity contribution in [1.29, 1.82) is 5.26 Å². The summed E-state index contributed by atoms with van der Waals surface area (Å²) in [5.41, 5.74) is 0. The van der Waals surface area contributed by atoms with Gasteiger partial charge in [-0.2, -0.15) is 5.26 Å². The van der Waals surface area contributed by atoms with Crippen molar-refractivity contribution >= 4 is 0 Å². The highest BCUT2D eigenvalue weighted by atomic mass is 14.3. The summed E-state index contributed by atoms with van der Waals surface area (Å²) in [5.74, 6) is 0.326. The Labute approximate surface area is 76.8 Å². The van der Waals surface area contributed by atoms with E-state index in [2.05, 4.69) is 19.9 Å². The first kappa shape index (κ1) is 11.5. The SMILES string of the molecule is CCCCCC[C@H](C#N)CCC. The minimum Gasteiger partial charge on any atom is -0.198 e. The Balaban J connectivity index is 3.27. The van der Waals surface area contributed by atoms with E-state index in [0.717, 1.165) is 19.3 Å². The predicted octanol–water partition coefficient (Wildman–Crippen LogP) is 3.90. The smallest absolute Gasteiger partial charge is 0.0655 e. The van der Waals surface area contributed by atoms with E-state index < -0.39 is 0 Å². The zero-order valence-electron chi connectivity index (χ0n) is 8.47. The van der Waals surface area contributed by atoms with Crippen LogP contribution in [0.25, 0.3) is 0 Å². The van der Waals surface area contributed by atoms with Crippen LogP contribution in [0.5, 0.6) is 0 Å². The van der Waals surface area contributed by atoms with Crippen molar-refractivity contribution < 1.29 is 0 Å². The number of unbranched alkanes of at least 4 members (excludes halogenated alkanes) is 3. The van der Waals surface area contributed by atoms with Crippen molar-refractivity contribution in [2.75, 3.05) is 0 Å². The van der Waals surface area contributed by atoms with Crippen LogP contribution in [0.3, 0.4) is 0 Å². The molecule has 70 valence electrons. The fourth-order valence-electron chi connectivity index (χ4n) is 1.44. The van der Waals surface area contributed by atoms with Gasteiger partial charge in [0.25, 0.3) is 0 Å². The topological polar surface area (TPSA) is 23.8 Å². The molecule has 0 saturated heterocycles. The highest BCUT2D eigenvalue weighted by Crippen LogP contribution is 2.14. The molecule has 0 bridgehead atoms.